The number of carbonyl (C=O) groups is 17. The Morgan fingerprint density at radius 2 is 1.08 bits per heavy atom. The summed E-state index contributed by atoms with van der Waals surface area (Å²) >= 11 is 0. The van der Waals surface area contributed by atoms with Crippen LogP contribution in [0.25, 0.3) is 0 Å². The van der Waals surface area contributed by atoms with Crippen LogP contribution in [0.1, 0.15) is 203 Å². The normalized spacial score (nSPS) is 19.9. The van der Waals surface area contributed by atoms with Crippen molar-refractivity contribution in [1.82, 2.24) is 69.1 Å². The van der Waals surface area contributed by atoms with Gasteiger partial charge in [-0.25, -0.2) is 0 Å². The van der Waals surface area contributed by atoms with E-state index in [1.54, 1.807) is 41.5 Å². The van der Waals surface area contributed by atoms with Crippen LogP contribution in [0.15, 0.2) is 4.99 Å². The van der Waals surface area contributed by atoms with Crippen LogP contribution in [0.5, 0.6) is 0 Å². The maximum atomic E-state index is 14.8. The van der Waals surface area contributed by atoms with Crippen LogP contribution in [-0.2, 0) is 81.5 Å². The summed E-state index contributed by atoms with van der Waals surface area (Å²) in [5, 5.41) is 52.6. The van der Waals surface area contributed by atoms with Crippen molar-refractivity contribution in [3.8, 4) is 0 Å². The molecule has 106 heavy (non-hydrogen) atoms. The first-order valence-electron chi connectivity index (χ1n) is 36.6. The number of unbranched alkanes of at least 4 members (excludes halogenated alkanes) is 1. The van der Waals surface area contributed by atoms with Gasteiger partial charge in [-0.3, -0.25) is 86.5 Å². The first kappa shape index (κ1) is 92.3. The summed E-state index contributed by atoms with van der Waals surface area (Å²) in [5.41, 5.74) is 28.3. The molecule has 14 atom stereocenters. The Hall–Kier alpha value is -9.78. The minimum atomic E-state index is -1.91. The summed E-state index contributed by atoms with van der Waals surface area (Å²) in [6.07, 6.45) is 1.15. The van der Waals surface area contributed by atoms with Crippen LogP contribution in [-0.4, -0.2) is 209 Å². The average molecular weight is 1500 g/mol. The maximum Gasteiger partial charge on any atom is 0.305 e. The molecule has 2 rings (SSSR count). The first-order valence-corrected chi connectivity index (χ1v) is 36.6. The number of hydrogen-bond donors (Lipinski definition) is 20. The lowest BCUT2D eigenvalue weighted by molar-refractivity contribution is -0.142. The zero-order valence-corrected chi connectivity index (χ0v) is 62.3. The van der Waals surface area contributed by atoms with Gasteiger partial charge in [-0.05, 0) is 114 Å². The van der Waals surface area contributed by atoms with E-state index < -0.39 is 211 Å². The highest BCUT2D eigenvalue weighted by molar-refractivity contribution is 6.01. The zero-order chi connectivity index (χ0) is 79.9. The molecule has 1 heterocycles. The molecule has 0 unspecified atom stereocenters. The molecule has 38 heteroatoms. The van der Waals surface area contributed by atoms with Crippen LogP contribution in [0.3, 0.4) is 0 Å². The Labute approximate surface area is 617 Å². The summed E-state index contributed by atoms with van der Waals surface area (Å²) in [6.45, 7) is 12.8. The minimum absolute atomic E-state index is 0.00778. The molecule has 1 saturated heterocycles. The number of nitrogens with one attached hydrogen (secondary N) is 13. The molecular weight excluding hydrogens is 1390 g/mol. The number of carboxylic acid groups (broad SMARTS) is 2. The van der Waals surface area contributed by atoms with Gasteiger partial charge in [-0.2, -0.15) is 0 Å². The maximum absolute atomic E-state index is 14.8. The van der Waals surface area contributed by atoms with E-state index in [0.29, 0.717) is 32.1 Å². The van der Waals surface area contributed by atoms with Gasteiger partial charge < -0.3 is 108 Å². The van der Waals surface area contributed by atoms with E-state index in [9.17, 15) is 91.7 Å². The van der Waals surface area contributed by atoms with Gasteiger partial charge in [0.15, 0.2) is 5.96 Å². The Kier molecular flexibility index (Phi) is 42.1. The van der Waals surface area contributed by atoms with E-state index in [0.717, 1.165) is 26.2 Å². The molecule has 0 aromatic carbocycles. The highest BCUT2D eigenvalue weighted by atomic mass is 16.4. The van der Waals surface area contributed by atoms with Crippen LogP contribution >= 0.6 is 0 Å². The van der Waals surface area contributed by atoms with Gasteiger partial charge >= 0.3 is 11.9 Å². The van der Waals surface area contributed by atoms with Gasteiger partial charge in [-0.15, -0.1) is 0 Å². The third kappa shape index (κ3) is 35.3. The number of guanidine groups is 1. The minimum Gasteiger partial charge on any atom is -0.481 e. The second-order valence-electron chi connectivity index (χ2n) is 27.8. The van der Waals surface area contributed by atoms with Gasteiger partial charge in [0, 0.05) is 32.9 Å². The molecule has 15 amide bonds. The Balaban J connectivity index is 2.63. The Morgan fingerprint density at radius 3 is 1.64 bits per heavy atom. The van der Waals surface area contributed by atoms with Crippen molar-refractivity contribution in [2.45, 2.75) is 276 Å². The average Bonchev–Trinajstić information content (AvgIpc) is 0.856. The SMILES string of the molecule is CC[C@H](C)[C@H](NC(=O)[C@@H](NC(=O)[C@H](CC(=O)O)NC(=O)[C@H](CC1CCCCC1)NC(=O)[C@H](CC(C)C)NC(=O)[C@H](CCCCN)NC(=O)[C@H](CCCN=C(N)N)NC(=O)[C@H](CC(N)=O)NC(=O)[C@@H]1CCCCNC(=O)CC[C@@H](NC(C)=O)C(=O)N[C@H](C)C(=O)N[C@@H](CCC(=O)O)C(=O)N1)[C@@H](C)CC)C(N)=O. The van der Waals surface area contributed by atoms with Crippen molar-refractivity contribution in [3.63, 3.8) is 0 Å². The van der Waals surface area contributed by atoms with Gasteiger partial charge in [0.1, 0.15) is 72.5 Å². The van der Waals surface area contributed by atoms with Gasteiger partial charge in [0.2, 0.25) is 88.6 Å². The molecule has 2 fully saturated rings. The molecule has 0 bridgehead atoms. The monoisotopic (exact) mass is 1500 g/mol. The van der Waals surface area contributed by atoms with E-state index >= 15 is 0 Å². The molecule has 0 aromatic heterocycles. The number of nitrogens with zero attached hydrogens (tertiary/aromatic N) is 1. The lowest BCUT2D eigenvalue weighted by atomic mass is 9.84. The predicted octanol–water partition coefficient (Wildman–Crippen LogP) is -4.08. The smallest absolute Gasteiger partial charge is 0.305 e. The summed E-state index contributed by atoms with van der Waals surface area (Å²) in [6, 6.07) is -18.1. The van der Waals surface area contributed by atoms with Crippen LogP contribution in [0.4, 0.5) is 0 Å². The number of aliphatic imine (C=N–C) groups is 1. The van der Waals surface area contributed by atoms with Crippen molar-refractivity contribution < 1.29 is 91.7 Å². The fourth-order valence-corrected chi connectivity index (χ4v) is 11.9. The van der Waals surface area contributed by atoms with Crippen LogP contribution < -0.4 is 97.8 Å². The van der Waals surface area contributed by atoms with E-state index in [1.807, 2.05) is 0 Å². The fraction of sp³-hybridized carbons (Fsp3) is 0.735. The van der Waals surface area contributed by atoms with Crippen LogP contribution in [0.2, 0.25) is 0 Å². The second kappa shape index (κ2) is 48.4. The standard InChI is InChI=1S/C68H117N19O19/c1-9-36(5)54(56(71)95)86-67(106)55(37(6)10-2)87-66(105)49(34-53(93)94)85-64(103)47(32-40-19-12-11-13-20-40)83-63(102)46(31-35(3)4)82-60(99)41(21-14-16-28-69)79-59(98)43(23-18-30-75-68(72)73)81-65(104)48(33-50(70)89)84-61(100)42-22-15-17-29-74-51(90)26-24-44(77-39(8)88)58(97)76-38(7)57(96)78-45(62(101)80-42)25-27-52(91)92/h35-38,40-49,54-55H,9-34,69H2,1-8H3,(H2,70,89)(H2,71,95)(H,74,90)(H,76,97)(H,77,88)(H,78,96)(H,79,98)(H,80,101)(H,81,104)(H,82,99)(H,83,102)(H,84,100)(H,85,103)(H,86,106)(H,87,105)(H,91,92)(H,93,94)(H4,72,73,75)/t36-,37-,38+,41-,42-,43-,44+,45-,46-,47-,48-,49-,54-,55-/m0/s1. The van der Waals surface area contributed by atoms with E-state index in [4.69, 9.17) is 28.7 Å². The van der Waals surface area contributed by atoms with Crippen molar-refractivity contribution in [1.29, 1.82) is 0 Å². The third-order valence-electron chi connectivity index (χ3n) is 18.3. The Morgan fingerprint density at radius 1 is 0.557 bits per heavy atom. The number of carboxylic acids is 2. The van der Waals surface area contributed by atoms with Gasteiger partial charge in [0.25, 0.3) is 0 Å². The Bertz CT molecular complexity index is 3050. The molecule has 1 aliphatic carbocycles. The number of amides is 15. The number of hydrogen-bond acceptors (Lipinski definition) is 19. The van der Waals surface area contributed by atoms with Crippen molar-refractivity contribution in [2.75, 3.05) is 19.6 Å². The lowest BCUT2D eigenvalue weighted by Crippen LogP contribution is -2.61. The predicted molar refractivity (Wildman–Crippen MR) is 385 cm³/mol. The highest BCUT2D eigenvalue weighted by Gasteiger charge is 2.39. The number of nitrogens with two attached hydrogens (primary N) is 5. The molecule has 1 aliphatic heterocycles. The van der Waals surface area contributed by atoms with Crippen LogP contribution in [0, 0.1) is 23.7 Å². The van der Waals surface area contributed by atoms with E-state index in [-0.39, 0.29) is 108 Å². The van der Waals surface area contributed by atoms with Crippen molar-refractivity contribution in [3.05, 3.63) is 0 Å². The third-order valence-corrected chi connectivity index (χ3v) is 18.3. The number of rotatable bonds is 41. The molecule has 0 radical (unpaired) electrons. The molecule has 25 N–H and O–H groups in total. The summed E-state index contributed by atoms with van der Waals surface area (Å²) in [4.78, 5) is 235. The summed E-state index contributed by atoms with van der Waals surface area (Å²) in [7, 11) is 0. The molecular formula is C68H117N19O19. The van der Waals surface area contributed by atoms with E-state index in [1.165, 1.54) is 6.92 Å². The van der Waals surface area contributed by atoms with Crippen molar-refractivity contribution >= 4 is 107 Å². The second-order valence-corrected chi connectivity index (χ2v) is 27.8. The molecule has 2 aliphatic rings. The summed E-state index contributed by atoms with van der Waals surface area (Å²) < 4.78 is 0. The summed E-state index contributed by atoms with van der Waals surface area (Å²) in [5.74, 6) is -18.6. The number of carbonyl (C=O) groups excluding carboxylic acids is 15. The number of primary amides is 2. The quantitative estimate of drug-likeness (QED) is 0.0157. The highest BCUT2D eigenvalue weighted by Crippen LogP contribution is 2.28. The van der Waals surface area contributed by atoms with Gasteiger partial charge in [-0.1, -0.05) is 86.5 Å². The number of aliphatic carboxylic acids is 2. The van der Waals surface area contributed by atoms with E-state index in [2.05, 4.69) is 74.1 Å². The molecule has 1 saturated carbocycles. The molecule has 0 aromatic rings. The molecule has 38 nitrogen and oxygen atoms in total. The molecule has 598 valence electrons. The lowest BCUT2D eigenvalue weighted by Gasteiger charge is -2.31. The topological polar surface area (TPSA) is 629 Å². The van der Waals surface area contributed by atoms with Crippen molar-refractivity contribution in [2.24, 2.45) is 57.3 Å². The fourth-order valence-electron chi connectivity index (χ4n) is 11.9. The largest absolute Gasteiger partial charge is 0.481 e. The zero-order valence-electron chi connectivity index (χ0n) is 62.3. The molecule has 0 spiro atoms. The van der Waals surface area contributed by atoms with Gasteiger partial charge in [0.05, 0.1) is 12.8 Å². The first-order chi connectivity index (χ1) is 49.9.